The van der Waals surface area contributed by atoms with E-state index < -0.39 is 11.8 Å². The first kappa shape index (κ1) is 22.0. The summed E-state index contributed by atoms with van der Waals surface area (Å²) in [5, 5.41) is 9.48. The summed E-state index contributed by atoms with van der Waals surface area (Å²) in [6.07, 6.45) is 0. The lowest BCUT2D eigenvalue weighted by atomic mass is 9.90. The topological polar surface area (TPSA) is 97.1 Å². The number of carbonyl (C=O) groups excluding carboxylic acids is 2. The summed E-state index contributed by atoms with van der Waals surface area (Å²) in [5.74, 6) is -0.828. The minimum atomic E-state index is -0.488. The molecule has 0 aliphatic rings. The van der Waals surface area contributed by atoms with Gasteiger partial charge in [0.25, 0.3) is 0 Å². The zero-order valence-electron chi connectivity index (χ0n) is 18.2. The average molecular weight is 441 g/mol. The molecule has 0 aliphatic heterocycles. The monoisotopic (exact) mass is 440 g/mol. The number of benzene rings is 3. The van der Waals surface area contributed by atoms with Crippen LogP contribution in [0.2, 0.25) is 0 Å². The van der Waals surface area contributed by atoms with Gasteiger partial charge < -0.3 is 15.2 Å². The maximum atomic E-state index is 13.0. The van der Waals surface area contributed by atoms with E-state index in [9.17, 15) is 9.59 Å². The third-order valence-corrected chi connectivity index (χ3v) is 5.13. The molecule has 4 aromatic rings. The highest BCUT2D eigenvalue weighted by atomic mass is 16.5. The molecule has 3 aromatic carbocycles. The van der Waals surface area contributed by atoms with Gasteiger partial charge in [0.1, 0.15) is 0 Å². The van der Waals surface area contributed by atoms with Gasteiger partial charge in [0.2, 0.25) is 11.7 Å². The highest BCUT2D eigenvalue weighted by Gasteiger charge is 2.22. The number of hydrogen-bond acceptors (Lipinski definition) is 5. The first-order valence-corrected chi connectivity index (χ1v) is 10.7. The number of aromatic nitrogens is 2. The molecule has 0 saturated carbocycles. The molecule has 0 unspecified atom stereocenters. The standard InChI is InChI=1S/C26H24N4O3/c1-18-9-8-14-21(17-18)23-29-26(33-30-23)25(32)28-16-15-27-24(31)22(19-10-4-2-5-11-19)20-12-6-3-7-13-20/h2-14,17,22H,15-16H2,1H3,(H,27,31)(H,28,32). The summed E-state index contributed by atoms with van der Waals surface area (Å²) in [4.78, 5) is 29.5. The lowest BCUT2D eigenvalue weighted by Gasteiger charge is -2.18. The molecule has 0 saturated heterocycles. The fourth-order valence-corrected chi connectivity index (χ4v) is 3.54. The van der Waals surface area contributed by atoms with Gasteiger partial charge in [0.15, 0.2) is 0 Å². The molecule has 166 valence electrons. The van der Waals surface area contributed by atoms with Crippen LogP contribution in [0.15, 0.2) is 89.5 Å². The fraction of sp³-hybridized carbons (Fsp3) is 0.154. The molecule has 33 heavy (non-hydrogen) atoms. The Balaban J connectivity index is 1.33. The van der Waals surface area contributed by atoms with Crippen LogP contribution < -0.4 is 10.6 Å². The van der Waals surface area contributed by atoms with Gasteiger partial charge >= 0.3 is 11.8 Å². The number of rotatable bonds is 8. The van der Waals surface area contributed by atoms with E-state index in [4.69, 9.17) is 4.52 Å². The number of nitrogens with zero attached hydrogens (tertiary/aromatic N) is 2. The van der Waals surface area contributed by atoms with E-state index in [0.717, 1.165) is 22.3 Å². The summed E-state index contributed by atoms with van der Waals surface area (Å²) >= 11 is 0. The van der Waals surface area contributed by atoms with Gasteiger partial charge in [0.05, 0.1) is 5.92 Å². The van der Waals surface area contributed by atoms with Crippen molar-refractivity contribution in [2.45, 2.75) is 12.8 Å². The molecule has 0 radical (unpaired) electrons. The smallest absolute Gasteiger partial charge is 0.316 e. The van der Waals surface area contributed by atoms with Gasteiger partial charge in [-0.2, -0.15) is 4.98 Å². The summed E-state index contributed by atoms with van der Waals surface area (Å²) in [5.41, 5.74) is 3.64. The first-order valence-electron chi connectivity index (χ1n) is 10.7. The van der Waals surface area contributed by atoms with Crippen molar-refractivity contribution in [2.75, 3.05) is 13.1 Å². The van der Waals surface area contributed by atoms with Crippen LogP contribution in [-0.2, 0) is 4.79 Å². The maximum Gasteiger partial charge on any atom is 0.316 e. The fourth-order valence-electron chi connectivity index (χ4n) is 3.54. The van der Waals surface area contributed by atoms with E-state index in [2.05, 4.69) is 20.8 Å². The quantitative estimate of drug-likeness (QED) is 0.407. The van der Waals surface area contributed by atoms with Crippen molar-refractivity contribution < 1.29 is 14.1 Å². The number of hydrogen-bond donors (Lipinski definition) is 2. The minimum absolute atomic E-state index is 0.121. The van der Waals surface area contributed by atoms with Crippen molar-refractivity contribution in [3.05, 3.63) is 108 Å². The van der Waals surface area contributed by atoms with Gasteiger partial charge in [-0.25, -0.2) is 0 Å². The van der Waals surface area contributed by atoms with Crippen molar-refractivity contribution in [1.82, 2.24) is 20.8 Å². The molecule has 2 N–H and O–H groups in total. The lowest BCUT2D eigenvalue weighted by molar-refractivity contribution is -0.121. The molecule has 7 nitrogen and oxygen atoms in total. The molecular weight excluding hydrogens is 416 g/mol. The molecule has 0 fully saturated rings. The van der Waals surface area contributed by atoms with E-state index in [0.29, 0.717) is 5.82 Å². The van der Waals surface area contributed by atoms with E-state index in [-0.39, 0.29) is 24.9 Å². The summed E-state index contributed by atoms with van der Waals surface area (Å²) in [6.45, 7) is 2.45. The zero-order chi connectivity index (χ0) is 23.0. The second-order valence-electron chi connectivity index (χ2n) is 7.59. The van der Waals surface area contributed by atoms with Crippen LogP contribution >= 0.6 is 0 Å². The van der Waals surface area contributed by atoms with Crippen molar-refractivity contribution in [3.63, 3.8) is 0 Å². The Labute approximate surface area is 191 Å². The van der Waals surface area contributed by atoms with Crippen LogP contribution in [-0.4, -0.2) is 35.0 Å². The Morgan fingerprint density at radius 3 is 2.12 bits per heavy atom. The predicted octanol–water partition coefficient (Wildman–Crippen LogP) is 3.72. The first-order chi connectivity index (χ1) is 16.1. The Morgan fingerprint density at radius 1 is 0.848 bits per heavy atom. The van der Waals surface area contributed by atoms with Gasteiger partial charge in [-0.3, -0.25) is 9.59 Å². The molecule has 0 atom stereocenters. The van der Waals surface area contributed by atoms with Crippen molar-refractivity contribution in [1.29, 1.82) is 0 Å². The summed E-state index contributed by atoms with van der Waals surface area (Å²) < 4.78 is 5.09. The number of aryl methyl sites for hydroxylation is 1. The Morgan fingerprint density at radius 2 is 1.48 bits per heavy atom. The normalized spacial score (nSPS) is 10.7. The Hall–Kier alpha value is -4.26. The average Bonchev–Trinajstić information content (AvgIpc) is 3.34. The molecule has 0 spiro atoms. The van der Waals surface area contributed by atoms with E-state index in [1.807, 2.05) is 91.9 Å². The second kappa shape index (κ2) is 10.4. The second-order valence-corrected chi connectivity index (χ2v) is 7.59. The largest absolute Gasteiger partial charge is 0.354 e. The van der Waals surface area contributed by atoms with Crippen LogP contribution in [0.1, 0.15) is 33.3 Å². The highest BCUT2D eigenvalue weighted by molar-refractivity contribution is 5.90. The SMILES string of the molecule is Cc1cccc(-c2noc(C(=O)NCCNC(=O)C(c3ccccc3)c3ccccc3)n2)c1. The Bertz CT molecular complexity index is 1180. The summed E-state index contributed by atoms with van der Waals surface area (Å²) in [6, 6.07) is 26.8. The van der Waals surface area contributed by atoms with Crippen LogP contribution in [0, 0.1) is 6.92 Å². The number of nitrogens with one attached hydrogen (secondary N) is 2. The van der Waals surface area contributed by atoms with Crippen molar-refractivity contribution >= 4 is 11.8 Å². The van der Waals surface area contributed by atoms with Crippen molar-refractivity contribution in [3.8, 4) is 11.4 Å². The van der Waals surface area contributed by atoms with Crippen LogP contribution in [0.25, 0.3) is 11.4 Å². The van der Waals surface area contributed by atoms with E-state index in [1.165, 1.54) is 0 Å². The molecule has 4 rings (SSSR count). The molecule has 1 aromatic heterocycles. The van der Waals surface area contributed by atoms with Crippen LogP contribution in [0.4, 0.5) is 0 Å². The number of amides is 2. The summed E-state index contributed by atoms with van der Waals surface area (Å²) in [7, 11) is 0. The lowest BCUT2D eigenvalue weighted by Crippen LogP contribution is -2.37. The molecule has 0 aliphatic carbocycles. The number of carbonyl (C=O) groups is 2. The van der Waals surface area contributed by atoms with Gasteiger partial charge in [0, 0.05) is 18.7 Å². The van der Waals surface area contributed by atoms with Gasteiger partial charge in [-0.05, 0) is 24.1 Å². The van der Waals surface area contributed by atoms with E-state index >= 15 is 0 Å². The minimum Gasteiger partial charge on any atom is -0.354 e. The zero-order valence-corrected chi connectivity index (χ0v) is 18.2. The van der Waals surface area contributed by atoms with Gasteiger partial charge in [-0.15, -0.1) is 0 Å². The van der Waals surface area contributed by atoms with Crippen molar-refractivity contribution in [2.24, 2.45) is 0 Å². The molecule has 1 heterocycles. The molecule has 2 amide bonds. The predicted molar refractivity (Wildman–Crippen MR) is 125 cm³/mol. The molecule has 7 heteroatoms. The highest BCUT2D eigenvalue weighted by Crippen LogP contribution is 2.24. The van der Waals surface area contributed by atoms with Crippen LogP contribution in [0.5, 0.6) is 0 Å². The third kappa shape index (κ3) is 5.51. The maximum absolute atomic E-state index is 13.0. The molecule has 0 bridgehead atoms. The van der Waals surface area contributed by atoms with Gasteiger partial charge in [-0.1, -0.05) is 89.6 Å². The van der Waals surface area contributed by atoms with E-state index in [1.54, 1.807) is 0 Å². The Kier molecular flexibility index (Phi) is 6.90. The molecular formula is C26H24N4O3. The van der Waals surface area contributed by atoms with Crippen LogP contribution in [0.3, 0.4) is 0 Å². The third-order valence-electron chi connectivity index (χ3n) is 5.13.